The molecule has 1 saturated heterocycles. The molecule has 0 radical (unpaired) electrons. The lowest BCUT2D eigenvalue weighted by Gasteiger charge is -2.38. The first kappa shape index (κ1) is 19.2. The van der Waals surface area contributed by atoms with Crippen LogP contribution in [0.15, 0.2) is 30.3 Å². The van der Waals surface area contributed by atoms with Crippen LogP contribution in [0, 0.1) is 5.92 Å². The Hall–Kier alpha value is -2.61. The van der Waals surface area contributed by atoms with Gasteiger partial charge in [0.25, 0.3) is 0 Å². The SMILES string of the molecule is NC1CCC(N2CC[C@H](NC(=O)OCc3ccccc3)C2=O)C(C(=O)O)C1. The lowest BCUT2D eigenvalue weighted by atomic mass is 9.81. The number of carbonyl (C=O) groups excluding carboxylic acids is 2. The van der Waals surface area contributed by atoms with E-state index in [0.29, 0.717) is 32.2 Å². The number of nitrogens with two attached hydrogens (primary N) is 1. The zero-order valence-electron chi connectivity index (χ0n) is 15.0. The van der Waals surface area contributed by atoms with Crippen LogP contribution in [0.1, 0.15) is 31.2 Å². The van der Waals surface area contributed by atoms with Crippen LogP contribution in [0.5, 0.6) is 0 Å². The highest BCUT2D eigenvalue weighted by molar-refractivity contribution is 5.88. The first-order valence-corrected chi connectivity index (χ1v) is 9.21. The third kappa shape index (κ3) is 4.57. The van der Waals surface area contributed by atoms with Gasteiger partial charge in [0, 0.05) is 18.6 Å². The molecule has 1 aromatic rings. The van der Waals surface area contributed by atoms with Gasteiger partial charge in [0.15, 0.2) is 0 Å². The number of hydrogen-bond donors (Lipinski definition) is 3. The Morgan fingerprint density at radius 1 is 1.22 bits per heavy atom. The average Bonchev–Trinajstić information content (AvgIpc) is 3.01. The molecule has 146 valence electrons. The highest BCUT2D eigenvalue weighted by Gasteiger charge is 2.44. The molecule has 0 spiro atoms. The van der Waals surface area contributed by atoms with E-state index in [0.717, 1.165) is 5.56 Å². The van der Waals surface area contributed by atoms with Crippen molar-refractivity contribution in [3.8, 4) is 0 Å². The number of likely N-dealkylation sites (tertiary alicyclic amines) is 1. The number of benzene rings is 1. The molecular formula is C19H25N3O5. The zero-order chi connectivity index (χ0) is 19.4. The number of nitrogens with zero attached hydrogens (tertiary/aromatic N) is 1. The third-order valence-corrected chi connectivity index (χ3v) is 5.32. The molecule has 2 amide bonds. The normalized spacial score (nSPS) is 28.0. The van der Waals surface area contributed by atoms with Gasteiger partial charge >= 0.3 is 12.1 Å². The van der Waals surface area contributed by atoms with Gasteiger partial charge < -0.3 is 25.8 Å². The maximum absolute atomic E-state index is 12.7. The minimum atomic E-state index is -0.929. The molecular weight excluding hydrogens is 350 g/mol. The summed E-state index contributed by atoms with van der Waals surface area (Å²) < 4.78 is 5.16. The highest BCUT2D eigenvalue weighted by Crippen LogP contribution is 2.31. The van der Waals surface area contributed by atoms with Gasteiger partial charge in [0.05, 0.1) is 5.92 Å². The van der Waals surface area contributed by atoms with E-state index in [1.807, 2.05) is 30.3 Å². The number of rotatable bonds is 5. The van der Waals surface area contributed by atoms with Crippen LogP contribution >= 0.6 is 0 Å². The van der Waals surface area contributed by atoms with Crippen molar-refractivity contribution in [3.05, 3.63) is 35.9 Å². The maximum atomic E-state index is 12.7. The van der Waals surface area contributed by atoms with Crippen molar-refractivity contribution < 1.29 is 24.2 Å². The van der Waals surface area contributed by atoms with Crippen LogP contribution in [-0.4, -0.2) is 52.6 Å². The van der Waals surface area contributed by atoms with E-state index in [2.05, 4.69) is 5.32 Å². The molecule has 3 unspecified atom stereocenters. The zero-order valence-corrected chi connectivity index (χ0v) is 15.0. The van der Waals surface area contributed by atoms with Gasteiger partial charge in [0.1, 0.15) is 12.6 Å². The van der Waals surface area contributed by atoms with E-state index >= 15 is 0 Å². The Morgan fingerprint density at radius 2 is 1.96 bits per heavy atom. The molecule has 2 fully saturated rings. The number of ether oxygens (including phenoxy) is 1. The lowest BCUT2D eigenvalue weighted by molar-refractivity contribution is -0.148. The fraction of sp³-hybridized carbons (Fsp3) is 0.526. The number of nitrogens with one attached hydrogen (secondary N) is 1. The van der Waals surface area contributed by atoms with Crippen LogP contribution in [0.2, 0.25) is 0 Å². The van der Waals surface area contributed by atoms with E-state index in [1.165, 1.54) is 0 Å². The summed E-state index contributed by atoms with van der Waals surface area (Å²) in [5, 5.41) is 12.1. The molecule has 4 N–H and O–H groups in total. The quantitative estimate of drug-likeness (QED) is 0.708. The van der Waals surface area contributed by atoms with Gasteiger partial charge in [-0.1, -0.05) is 30.3 Å². The fourth-order valence-electron chi connectivity index (χ4n) is 3.90. The largest absolute Gasteiger partial charge is 0.481 e. The van der Waals surface area contributed by atoms with E-state index in [4.69, 9.17) is 10.5 Å². The second kappa shape index (κ2) is 8.39. The summed E-state index contributed by atoms with van der Waals surface area (Å²) in [4.78, 5) is 37.9. The van der Waals surface area contributed by atoms with Crippen molar-refractivity contribution in [3.63, 3.8) is 0 Å². The molecule has 3 rings (SSSR count). The molecule has 8 heteroatoms. The smallest absolute Gasteiger partial charge is 0.408 e. The third-order valence-electron chi connectivity index (χ3n) is 5.32. The van der Waals surface area contributed by atoms with E-state index in [1.54, 1.807) is 4.90 Å². The summed E-state index contributed by atoms with van der Waals surface area (Å²) in [7, 11) is 0. The average molecular weight is 375 g/mol. The Labute approximate surface area is 157 Å². The number of aliphatic carboxylic acids is 1. The van der Waals surface area contributed by atoms with Crippen molar-refractivity contribution in [1.29, 1.82) is 0 Å². The Balaban J connectivity index is 1.54. The lowest BCUT2D eigenvalue weighted by Crippen LogP contribution is -2.52. The predicted octanol–water partition coefficient (Wildman–Crippen LogP) is 1.09. The summed E-state index contributed by atoms with van der Waals surface area (Å²) in [6.07, 6.45) is 1.40. The molecule has 1 aliphatic heterocycles. The van der Waals surface area contributed by atoms with Crippen molar-refractivity contribution in [1.82, 2.24) is 10.2 Å². The number of hydrogen-bond acceptors (Lipinski definition) is 5. The van der Waals surface area contributed by atoms with Crippen molar-refractivity contribution in [2.24, 2.45) is 11.7 Å². The topological polar surface area (TPSA) is 122 Å². The summed E-state index contributed by atoms with van der Waals surface area (Å²) in [5.74, 6) is -1.85. The van der Waals surface area contributed by atoms with Crippen molar-refractivity contribution >= 4 is 18.0 Å². The fourth-order valence-corrected chi connectivity index (χ4v) is 3.90. The first-order valence-electron chi connectivity index (χ1n) is 9.21. The Morgan fingerprint density at radius 3 is 2.67 bits per heavy atom. The first-order chi connectivity index (χ1) is 13.0. The van der Waals surface area contributed by atoms with Gasteiger partial charge in [-0.2, -0.15) is 0 Å². The molecule has 1 heterocycles. The molecule has 0 aromatic heterocycles. The van der Waals surface area contributed by atoms with Crippen LogP contribution in [0.3, 0.4) is 0 Å². The van der Waals surface area contributed by atoms with E-state index < -0.39 is 24.0 Å². The van der Waals surface area contributed by atoms with Gasteiger partial charge in [-0.3, -0.25) is 9.59 Å². The highest BCUT2D eigenvalue weighted by atomic mass is 16.5. The van der Waals surface area contributed by atoms with Crippen molar-refractivity contribution in [2.45, 2.75) is 50.4 Å². The van der Waals surface area contributed by atoms with Gasteiger partial charge in [0.2, 0.25) is 5.91 Å². The number of alkyl carbamates (subject to hydrolysis) is 1. The molecule has 1 aromatic carbocycles. The number of carboxylic acid groups (broad SMARTS) is 1. The van der Waals surface area contributed by atoms with Crippen LogP contribution in [0.4, 0.5) is 4.79 Å². The second-order valence-electron chi connectivity index (χ2n) is 7.16. The number of carboxylic acids is 1. The predicted molar refractivity (Wildman–Crippen MR) is 96.6 cm³/mol. The molecule has 27 heavy (non-hydrogen) atoms. The van der Waals surface area contributed by atoms with Crippen molar-refractivity contribution in [2.75, 3.05) is 6.54 Å². The second-order valence-corrected chi connectivity index (χ2v) is 7.16. The Kier molecular flexibility index (Phi) is 5.95. The summed E-state index contributed by atoms with van der Waals surface area (Å²) in [5.41, 5.74) is 6.75. The molecule has 0 bridgehead atoms. The standard InChI is InChI=1S/C19H25N3O5/c20-13-6-7-16(14(10-13)18(24)25)22-9-8-15(17(22)23)21-19(26)27-11-12-4-2-1-3-5-12/h1-5,13-16H,6-11,20H2,(H,21,26)(H,24,25)/t13?,14?,15-,16?/m0/s1. The molecule has 2 aliphatic rings. The van der Waals surface area contributed by atoms with Gasteiger partial charge in [-0.25, -0.2) is 4.79 Å². The molecule has 8 nitrogen and oxygen atoms in total. The van der Waals surface area contributed by atoms with E-state index in [-0.39, 0.29) is 24.6 Å². The molecule has 4 atom stereocenters. The summed E-state index contributed by atoms with van der Waals surface area (Å²) >= 11 is 0. The van der Waals surface area contributed by atoms with Crippen LogP contribution in [-0.2, 0) is 20.9 Å². The van der Waals surface area contributed by atoms with Gasteiger partial charge in [-0.05, 0) is 31.2 Å². The van der Waals surface area contributed by atoms with Crippen LogP contribution < -0.4 is 11.1 Å². The van der Waals surface area contributed by atoms with E-state index in [9.17, 15) is 19.5 Å². The summed E-state index contributed by atoms with van der Waals surface area (Å²) in [6, 6.07) is 8.05. The Bertz CT molecular complexity index is 696. The summed E-state index contributed by atoms with van der Waals surface area (Å²) in [6.45, 7) is 0.547. The number of carbonyl (C=O) groups is 3. The molecule has 1 aliphatic carbocycles. The van der Waals surface area contributed by atoms with Crippen LogP contribution in [0.25, 0.3) is 0 Å². The minimum Gasteiger partial charge on any atom is -0.481 e. The number of amides is 2. The minimum absolute atomic E-state index is 0.124. The van der Waals surface area contributed by atoms with Gasteiger partial charge in [-0.15, -0.1) is 0 Å². The maximum Gasteiger partial charge on any atom is 0.408 e. The molecule has 1 saturated carbocycles. The monoisotopic (exact) mass is 375 g/mol.